The van der Waals surface area contributed by atoms with Gasteiger partial charge in [0.15, 0.2) is 5.79 Å². The van der Waals surface area contributed by atoms with Crippen LogP contribution in [-0.4, -0.2) is 28.6 Å². The summed E-state index contributed by atoms with van der Waals surface area (Å²) in [4.78, 5) is 10.7. The zero-order chi connectivity index (χ0) is 15.0. The van der Waals surface area contributed by atoms with Gasteiger partial charge in [0.25, 0.3) is 0 Å². The number of ether oxygens (including phenoxy) is 1. The first-order valence-corrected chi connectivity index (χ1v) is 8.05. The van der Waals surface area contributed by atoms with E-state index in [9.17, 15) is 15.0 Å². The van der Waals surface area contributed by atoms with Crippen molar-refractivity contribution < 1.29 is 19.7 Å². The number of aliphatic hydroxyl groups is 2. The molecule has 20 heavy (non-hydrogen) atoms. The predicted octanol–water partition coefficient (Wildman–Crippen LogP) is 3.01. The Bertz CT molecular complexity index is 288. The summed E-state index contributed by atoms with van der Waals surface area (Å²) in [7, 11) is 0. The molecule has 0 aromatic rings. The Hall–Kier alpha value is -0.610. The number of carbonyl (C=O) groups excluding carboxylic acids is 1. The fraction of sp³-hybridized carbons (Fsp3) is 0.938. The predicted molar refractivity (Wildman–Crippen MR) is 78.0 cm³/mol. The zero-order valence-electron chi connectivity index (χ0n) is 12.9. The van der Waals surface area contributed by atoms with Gasteiger partial charge in [0.2, 0.25) is 0 Å². The van der Waals surface area contributed by atoms with Crippen LogP contribution in [0.1, 0.15) is 71.6 Å². The molecule has 0 radical (unpaired) electrons. The van der Waals surface area contributed by atoms with Crippen molar-refractivity contribution in [2.75, 3.05) is 6.61 Å². The average molecular weight is 286 g/mol. The summed E-state index contributed by atoms with van der Waals surface area (Å²) >= 11 is 0. The van der Waals surface area contributed by atoms with E-state index < -0.39 is 5.79 Å². The van der Waals surface area contributed by atoms with E-state index in [-0.39, 0.29) is 24.9 Å². The van der Waals surface area contributed by atoms with Crippen LogP contribution in [0.2, 0.25) is 0 Å². The van der Waals surface area contributed by atoms with Gasteiger partial charge in [0, 0.05) is 19.3 Å². The first kappa shape index (κ1) is 17.4. The molecule has 0 spiro atoms. The highest BCUT2D eigenvalue weighted by atomic mass is 16.5. The first-order chi connectivity index (χ1) is 9.47. The van der Waals surface area contributed by atoms with Crippen molar-refractivity contribution in [3.8, 4) is 0 Å². The Balaban J connectivity index is 2.38. The van der Waals surface area contributed by atoms with Crippen molar-refractivity contribution in [3.05, 3.63) is 0 Å². The standard InChI is InChI=1S/C16H30O4/c1-3-4-5-6-8-14-9-7-10-15(14)16(18,19)11-12-20-13(2)17/h14-15,18-19H,3-12H2,1-2H3. The van der Waals surface area contributed by atoms with Crippen LogP contribution in [0.3, 0.4) is 0 Å². The molecule has 0 aromatic carbocycles. The molecule has 1 aliphatic rings. The SMILES string of the molecule is CCCCCCC1CCCC1C(O)(O)CCOC(C)=O. The molecule has 1 aliphatic carbocycles. The Kier molecular flexibility index (Phi) is 7.52. The molecule has 0 heterocycles. The second-order valence-electron chi connectivity index (χ2n) is 6.12. The van der Waals surface area contributed by atoms with Gasteiger partial charge >= 0.3 is 5.97 Å². The molecule has 2 unspecified atom stereocenters. The summed E-state index contributed by atoms with van der Waals surface area (Å²) in [5.74, 6) is -1.73. The highest BCUT2D eigenvalue weighted by Crippen LogP contribution is 2.42. The number of unbranched alkanes of at least 4 members (excludes halogenated alkanes) is 3. The minimum Gasteiger partial charge on any atom is -0.466 e. The normalized spacial score (nSPS) is 23.0. The van der Waals surface area contributed by atoms with E-state index in [2.05, 4.69) is 6.92 Å². The second kappa shape index (κ2) is 8.63. The van der Waals surface area contributed by atoms with Crippen molar-refractivity contribution >= 4 is 5.97 Å². The Labute approximate surface area is 122 Å². The summed E-state index contributed by atoms with van der Waals surface area (Å²) in [6.07, 6.45) is 9.11. The quantitative estimate of drug-likeness (QED) is 0.388. The highest BCUT2D eigenvalue weighted by molar-refractivity contribution is 5.65. The summed E-state index contributed by atoms with van der Waals surface area (Å²) in [5, 5.41) is 20.5. The summed E-state index contributed by atoms with van der Waals surface area (Å²) in [5.41, 5.74) is 0. The van der Waals surface area contributed by atoms with Crippen molar-refractivity contribution in [1.82, 2.24) is 0 Å². The van der Waals surface area contributed by atoms with E-state index in [1.807, 2.05) is 0 Å². The summed E-state index contributed by atoms with van der Waals surface area (Å²) < 4.78 is 4.83. The van der Waals surface area contributed by atoms with Crippen LogP contribution < -0.4 is 0 Å². The zero-order valence-corrected chi connectivity index (χ0v) is 12.9. The van der Waals surface area contributed by atoms with Gasteiger partial charge in [-0.1, -0.05) is 39.0 Å². The lowest BCUT2D eigenvalue weighted by Gasteiger charge is -2.32. The Morgan fingerprint density at radius 2 is 2.00 bits per heavy atom. The lowest BCUT2D eigenvalue weighted by molar-refractivity contribution is -0.218. The molecule has 2 atom stereocenters. The minimum atomic E-state index is -1.69. The van der Waals surface area contributed by atoms with Gasteiger partial charge in [-0.3, -0.25) is 4.79 Å². The maximum absolute atomic E-state index is 10.7. The second-order valence-corrected chi connectivity index (χ2v) is 6.12. The molecule has 118 valence electrons. The molecular formula is C16H30O4. The third-order valence-electron chi connectivity index (χ3n) is 4.46. The van der Waals surface area contributed by atoms with Gasteiger partial charge in [-0.15, -0.1) is 0 Å². The van der Waals surface area contributed by atoms with Gasteiger partial charge < -0.3 is 14.9 Å². The molecule has 4 heteroatoms. The van der Waals surface area contributed by atoms with Gasteiger partial charge in [-0.25, -0.2) is 0 Å². The lowest BCUT2D eigenvalue weighted by Crippen LogP contribution is -2.41. The van der Waals surface area contributed by atoms with E-state index >= 15 is 0 Å². The maximum Gasteiger partial charge on any atom is 0.302 e. The summed E-state index contributed by atoms with van der Waals surface area (Å²) in [6, 6.07) is 0. The van der Waals surface area contributed by atoms with E-state index in [0.29, 0.717) is 5.92 Å². The van der Waals surface area contributed by atoms with Gasteiger partial charge in [0.05, 0.1) is 6.61 Å². The molecule has 0 saturated heterocycles. The van der Waals surface area contributed by atoms with Crippen LogP contribution in [0.15, 0.2) is 0 Å². The molecule has 0 amide bonds. The molecule has 0 aliphatic heterocycles. The first-order valence-electron chi connectivity index (χ1n) is 8.05. The van der Waals surface area contributed by atoms with E-state index in [4.69, 9.17) is 4.74 Å². The topological polar surface area (TPSA) is 66.8 Å². The molecule has 2 N–H and O–H groups in total. The monoisotopic (exact) mass is 286 g/mol. The van der Waals surface area contributed by atoms with Crippen LogP contribution in [0.25, 0.3) is 0 Å². The molecule has 1 saturated carbocycles. The minimum absolute atomic E-state index is 0.0697. The van der Waals surface area contributed by atoms with Crippen LogP contribution in [0, 0.1) is 11.8 Å². The van der Waals surface area contributed by atoms with Crippen LogP contribution >= 0.6 is 0 Å². The number of rotatable bonds is 9. The number of carbonyl (C=O) groups is 1. The van der Waals surface area contributed by atoms with Crippen molar-refractivity contribution in [3.63, 3.8) is 0 Å². The largest absolute Gasteiger partial charge is 0.466 e. The van der Waals surface area contributed by atoms with Crippen LogP contribution in [0.5, 0.6) is 0 Å². The maximum atomic E-state index is 10.7. The number of hydrogen-bond donors (Lipinski definition) is 2. The molecule has 1 fully saturated rings. The summed E-state index contributed by atoms with van der Waals surface area (Å²) in [6.45, 7) is 3.61. The molecule has 0 bridgehead atoms. The third-order valence-corrected chi connectivity index (χ3v) is 4.46. The van der Waals surface area contributed by atoms with Gasteiger partial charge in [-0.05, 0) is 25.2 Å². The molecule has 4 nitrogen and oxygen atoms in total. The average Bonchev–Trinajstić information content (AvgIpc) is 2.83. The van der Waals surface area contributed by atoms with Crippen molar-refractivity contribution in [2.45, 2.75) is 77.4 Å². The van der Waals surface area contributed by atoms with Gasteiger partial charge in [-0.2, -0.15) is 0 Å². The lowest BCUT2D eigenvalue weighted by atomic mass is 9.83. The highest BCUT2D eigenvalue weighted by Gasteiger charge is 2.42. The fourth-order valence-electron chi connectivity index (χ4n) is 3.35. The van der Waals surface area contributed by atoms with Gasteiger partial charge in [0.1, 0.15) is 0 Å². The Morgan fingerprint density at radius 1 is 1.25 bits per heavy atom. The smallest absolute Gasteiger partial charge is 0.302 e. The third kappa shape index (κ3) is 5.80. The molecule has 0 aromatic heterocycles. The fourth-order valence-corrected chi connectivity index (χ4v) is 3.35. The Morgan fingerprint density at radius 3 is 2.65 bits per heavy atom. The van der Waals surface area contributed by atoms with E-state index in [0.717, 1.165) is 25.7 Å². The number of hydrogen-bond acceptors (Lipinski definition) is 4. The van der Waals surface area contributed by atoms with E-state index in [1.54, 1.807) is 0 Å². The van der Waals surface area contributed by atoms with Crippen LogP contribution in [0.4, 0.5) is 0 Å². The number of esters is 1. The van der Waals surface area contributed by atoms with E-state index in [1.165, 1.54) is 32.6 Å². The molecular weight excluding hydrogens is 256 g/mol. The van der Waals surface area contributed by atoms with Crippen LogP contribution in [-0.2, 0) is 9.53 Å². The van der Waals surface area contributed by atoms with Crippen molar-refractivity contribution in [2.24, 2.45) is 11.8 Å². The molecule has 1 rings (SSSR count). The van der Waals surface area contributed by atoms with Crippen molar-refractivity contribution in [1.29, 1.82) is 0 Å².